The van der Waals surface area contributed by atoms with E-state index in [9.17, 15) is 4.79 Å². The lowest BCUT2D eigenvalue weighted by atomic mass is 10.1. The Hall–Kier alpha value is -2.43. The molecule has 1 aliphatic rings. The van der Waals surface area contributed by atoms with Gasteiger partial charge in [0.15, 0.2) is 0 Å². The molecule has 0 fully saturated rings. The van der Waals surface area contributed by atoms with Crippen LogP contribution >= 0.6 is 0 Å². The van der Waals surface area contributed by atoms with E-state index in [-0.39, 0.29) is 5.91 Å². The van der Waals surface area contributed by atoms with E-state index >= 15 is 0 Å². The van der Waals surface area contributed by atoms with E-state index in [0.29, 0.717) is 11.6 Å². The average molecular weight is 282 g/mol. The van der Waals surface area contributed by atoms with Gasteiger partial charge < -0.3 is 10.3 Å². The van der Waals surface area contributed by atoms with Crippen molar-refractivity contribution in [3.63, 3.8) is 0 Å². The van der Waals surface area contributed by atoms with Gasteiger partial charge in [-0.15, -0.1) is 0 Å². The molecule has 0 unspecified atom stereocenters. The van der Waals surface area contributed by atoms with E-state index in [1.807, 2.05) is 18.3 Å². The molecule has 3 heterocycles. The van der Waals surface area contributed by atoms with Gasteiger partial charge in [-0.05, 0) is 30.5 Å². The highest BCUT2D eigenvalue weighted by atomic mass is 16.2. The predicted octanol–water partition coefficient (Wildman–Crippen LogP) is 2.87. The van der Waals surface area contributed by atoms with Gasteiger partial charge in [0.2, 0.25) is 0 Å². The molecule has 2 aromatic rings. The number of fused-ring (bicyclic) bond motifs is 1. The van der Waals surface area contributed by atoms with Gasteiger partial charge in [-0.2, -0.15) is 0 Å². The number of nitrogens with one attached hydrogen (secondary N) is 2. The van der Waals surface area contributed by atoms with Crippen LogP contribution < -0.4 is 5.32 Å². The van der Waals surface area contributed by atoms with Gasteiger partial charge in [0.25, 0.3) is 5.91 Å². The van der Waals surface area contributed by atoms with Gasteiger partial charge in [0.1, 0.15) is 17.2 Å². The van der Waals surface area contributed by atoms with Crippen LogP contribution in [-0.4, -0.2) is 21.7 Å². The Balaban J connectivity index is 1.87. The molecule has 0 saturated heterocycles. The van der Waals surface area contributed by atoms with Crippen LogP contribution in [0.1, 0.15) is 32.3 Å². The van der Waals surface area contributed by atoms with Crippen molar-refractivity contribution >= 4 is 28.9 Å². The van der Waals surface area contributed by atoms with E-state index in [0.717, 1.165) is 35.3 Å². The molecule has 0 saturated carbocycles. The summed E-state index contributed by atoms with van der Waals surface area (Å²) in [6.07, 6.45) is 7.21. The number of rotatable bonds is 4. The molecule has 21 heavy (non-hydrogen) atoms. The second-order valence-corrected chi connectivity index (χ2v) is 5.62. The van der Waals surface area contributed by atoms with Gasteiger partial charge in [-0.1, -0.05) is 13.8 Å². The molecule has 5 heteroatoms. The SMILES string of the molecule is CC(C)CCC1=NC(=Cc2c[nH]c3ncccc23)C(=O)N1. The lowest BCUT2D eigenvalue weighted by Gasteiger charge is -2.02. The molecule has 0 aliphatic carbocycles. The molecule has 3 rings (SSSR count). The second kappa shape index (κ2) is 5.52. The third kappa shape index (κ3) is 2.86. The number of carbonyl (C=O) groups is 1. The number of nitrogens with zero attached hydrogens (tertiary/aromatic N) is 2. The molecular weight excluding hydrogens is 264 g/mol. The lowest BCUT2D eigenvalue weighted by Crippen LogP contribution is -2.24. The first kappa shape index (κ1) is 13.5. The van der Waals surface area contributed by atoms with Crippen LogP contribution in [0, 0.1) is 5.92 Å². The third-order valence-electron chi connectivity index (χ3n) is 3.48. The van der Waals surface area contributed by atoms with E-state index in [2.05, 4.69) is 34.1 Å². The van der Waals surface area contributed by atoms with Gasteiger partial charge in [-0.25, -0.2) is 9.98 Å². The van der Waals surface area contributed by atoms with E-state index in [1.54, 1.807) is 12.3 Å². The molecule has 5 nitrogen and oxygen atoms in total. The van der Waals surface area contributed by atoms with Gasteiger partial charge >= 0.3 is 0 Å². The van der Waals surface area contributed by atoms with Crippen molar-refractivity contribution in [2.45, 2.75) is 26.7 Å². The molecule has 0 radical (unpaired) electrons. The molecule has 0 spiro atoms. The summed E-state index contributed by atoms with van der Waals surface area (Å²) < 4.78 is 0. The number of pyridine rings is 1. The van der Waals surface area contributed by atoms with Crippen LogP contribution in [0.3, 0.4) is 0 Å². The number of hydrogen-bond acceptors (Lipinski definition) is 3. The van der Waals surface area contributed by atoms with Crippen molar-refractivity contribution in [3.05, 3.63) is 35.8 Å². The number of aliphatic imine (C=N–C) groups is 1. The minimum atomic E-state index is -0.132. The Morgan fingerprint density at radius 1 is 1.38 bits per heavy atom. The van der Waals surface area contributed by atoms with Crippen molar-refractivity contribution in [2.75, 3.05) is 0 Å². The van der Waals surface area contributed by atoms with E-state index in [4.69, 9.17) is 0 Å². The fraction of sp³-hybridized carbons (Fsp3) is 0.312. The predicted molar refractivity (Wildman–Crippen MR) is 83.7 cm³/mol. The average Bonchev–Trinajstić information content (AvgIpc) is 3.02. The number of amides is 1. The van der Waals surface area contributed by atoms with Crippen LogP contribution in [-0.2, 0) is 4.79 Å². The van der Waals surface area contributed by atoms with Crippen LogP contribution in [0.5, 0.6) is 0 Å². The molecule has 2 aromatic heterocycles. The first-order valence-corrected chi connectivity index (χ1v) is 7.16. The third-order valence-corrected chi connectivity index (χ3v) is 3.48. The second-order valence-electron chi connectivity index (χ2n) is 5.62. The Labute approximate surface area is 123 Å². The number of aromatic nitrogens is 2. The van der Waals surface area contributed by atoms with Crippen molar-refractivity contribution in [2.24, 2.45) is 10.9 Å². The maximum Gasteiger partial charge on any atom is 0.275 e. The Morgan fingerprint density at radius 2 is 2.24 bits per heavy atom. The zero-order valence-electron chi connectivity index (χ0n) is 12.2. The number of hydrogen-bond donors (Lipinski definition) is 2. The standard InChI is InChI=1S/C16H18N4O/c1-10(2)5-6-14-19-13(16(21)20-14)8-11-9-18-15-12(11)4-3-7-17-15/h3-4,7-10H,5-6H2,1-2H3,(H,17,18)(H,19,20,21). The number of carbonyl (C=O) groups excluding carboxylic acids is 1. The highest BCUT2D eigenvalue weighted by molar-refractivity contribution is 6.14. The molecule has 0 bridgehead atoms. The molecule has 1 amide bonds. The van der Waals surface area contributed by atoms with Crippen LogP contribution in [0.25, 0.3) is 17.1 Å². The van der Waals surface area contributed by atoms with Crippen LogP contribution in [0.15, 0.2) is 35.2 Å². The monoisotopic (exact) mass is 282 g/mol. The Kier molecular flexibility index (Phi) is 3.56. The summed E-state index contributed by atoms with van der Waals surface area (Å²) in [7, 11) is 0. The molecule has 108 valence electrons. The zero-order valence-corrected chi connectivity index (χ0v) is 12.2. The van der Waals surface area contributed by atoms with E-state index in [1.165, 1.54) is 0 Å². The fourth-order valence-electron chi connectivity index (χ4n) is 2.30. The van der Waals surface area contributed by atoms with Crippen molar-refractivity contribution < 1.29 is 4.79 Å². The summed E-state index contributed by atoms with van der Waals surface area (Å²) in [5.41, 5.74) is 2.20. The van der Waals surface area contributed by atoms with Crippen molar-refractivity contribution in [1.29, 1.82) is 0 Å². The minimum absolute atomic E-state index is 0.132. The summed E-state index contributed by atoms with van der Waals surface area (Å²) in [5, 5.41) is 3.83. The molecular formula is C16H18N4O. The smallest absolute Gasteiger partial charge is 0.275 e. The molecule has 0 aromatic carbocycles. The summed E-state index contributed by atoms with van der Waals surface area (Å²) in [5.74, 6) is 1.22. The highest BCUT2D eigenvalue weighted by Gasteiger charge is 2.20. The van der Waals surface area contributed by atoms with Gasteiger partial charge in [0.05, 0.1) is 0 Å². The normalized spacial score (nSPS) is 16.8. The number of H-pyrrole nitrogens is 1. The minimum Gasteiger partial charge on any atom is -0.346 e. The lowest BCUT2D eigenvalue weighted by molar-refractivity contribution is -0.115. The van der Waals surface area contributed by atoms with E-state index < -0.39 is 0 Å². The molecule has 1 aliphatic heterocycles. The molecule has 0 atom stereocenters. The number of amidine groups is 1. The molecule has 2 N–H and O–H groups in total. The summed E-state index contributed by atoms with van der Waals surface area (Å²) in [4.78, 5) is 23.7. The zero-order chi connectivity index (χ0) is 14.8. The van der Waals surface area contributed by atoms with Gasteiger partial charge in [0, 0.05) is 29.8 Å². The topological polar surface area (TPSA) is 70.1 Å². The number of aromatic amines is 1. The maximum atomic E-state index is 12.0. The van der Waals surface area contributed by atoms with Crippen molar-refractivity contribution in [1.82, 2.24) is 15.3 Å². The fourth-order valence-corrected chi connectivity index (χ4v) is 2.30. The summed E-state index contributed by atoms with van der Waals surface area (Å²) in [6, 6.07) is 3.85. The summed E-state index contributed by atoms with van der Waals surface area (Å²) in [6.45, 7) is 4.32. The Morgan fingerprint density at radius 3 is 3.05 bits per heavy atom. The first-order valence-electron chi connectivity index (χ1n) is 7.16. The van der Waals surface area contributed by atoms with Crippen LogP contribution in [0.2, 0.25) is 0 Å². The Bertz CT molecular complexity index is 740. The highest BCUT2D eigenvalue weighted by Crippen LogP contribution is 2.21. The first-order chi connectivity index (χ1) is 10.1. The van der Waals surface area contributed by atoms with Crippen molar-refractivity contribution in [3.8, 4) is 0 Å². The quantitative estimate of drug-likeness (QED) is 0.846. The van der Waals surface area contributed by atoms with Crippen LogP contribution in [0.4, 0.5) is 0 Å². The van der Waals surface area contributed by atoms with Gasteiger partial charge in [-0.3, -0.25) is 4.79 Å². The maximum absolute atomic E-state index is 12.0. The summed E-state index contributed by atoms with van der Waals surface area (Å²) >= 11 is 0. The largest absolute Gasteiger partial charge is 0.346 e.